The summed E-state index contributed by atoms with van der Waals surface area (Å²) in [7, 11) is 0. The number of nitrogens with one attached hydrogen (secondary N) is 1. The monoisotopic (exact) mass is 414 g/mol. The van der Waals surface area contributed by atoms with Crippen molar-refractivity contribution >= 4 is 55.4 Å². The van der Waals surface area contributed by atoms with Gasteiger partial charge in [0.15, 0.2) is 0 Å². The second kappa shape index (κ2) is 4.91. The van der Waals surface area contributed by atoms with Gasteiger partial charge in [0.1, 0.15) is 5.41 Å². The van der Waals surface area contributed by atoms with Crippen LogP contribution in [0.2, 0.25) is 0 Å². The summed E-state index contributed by atoms with van der Waals surface area (Å²) >= 11 is 6.78. The fraction of sp³-hybridized carbons (Fsp3) is 0.357. The SMILES string of the molecule is Cc1cc(Br)c(N2C(=O)NC(=O)C3(CCC3)C2=O)c(Br)c1. The molecule has 4 amide bonds. The highest BCUT2D eigenvalue weighted by molar-refractivity contribution is 9.11. The molecule has 21 heavy (non-hydrogen) atoms. The molecule has 2 aliphatic rings. The molecule has 5 nitrogen and oxygen atoms in total. The highest BCUT2D eigenvalue weighted by atomic mass is 79.9. The molecule has 7 heteroatoms. The summed E-state index contributed by atoms with van der Waals surface area (Å²) in [6, 6.07) is 2.95. The maximum atomic E-state index is 12.7. The highest BCUT2D eigenvalue weighted by Gasteiger charge is 2.58. The van der Waals surface area contributed by atoms with Crippen LogP contribution in [0.1, 0.15) is 24.8 Å². The van der Waals surface area contributed by atoms with E-state index in [1.807, 2.05) is 19.1 Å². The van der Waals surface area contributed by atoms with Gasteiger partial charge in [-0.3, -0.25) is 14.9 Å². The second-order valence-electron chi connectivity index (χ2n) is 5.41. The Bertz CT molecular complexity index is 660. The molecule has 3 rings (SSSR count). The van der Waals surface area contributed by atoms with Gasteiger partial charge >= 0.3 is 6.03 Å². The van der Waals surface area contributed by atoms with E-state index in [-0.39, 0.29) is 0 Å². The Kier molecular flexibility index (Phi) is 3.44. The summed E-state index contributed by atoms with van der Waals surface area (Å²) in [6.45, 7) is 1.91. The smallest absolute Gasteiger partial charge is 0.276 e. The number of hydrogen-bond donors (Lipinski definition) is 1. The van der Waals surface area contributed by atoms with Crippen LogP contribution in [0, 0.1) is 12.3 Å². The molecule has 1 saturated heterocycles. The van der Waals surface area contributed by atoms with Crippen LogP contribution in [0.4, 0.5) is 10.5 Å². The van der Waals surface area contributed by atoms with Crippen LogP contribution in [-0.2, 0) is 9.59 Å². The number of carbonyl (C=O) groups is 3. The van der Waals surface area contributed by atoms with Crippen molar-refractivity contribution in [1.82, 2.24) is 5.32 Å². The third-order valence-corrected chi connectivity index (χ3v) is 5.27. The van der Waals surface area contributed by atoms with Crippen molar-refractivity contribution in [1.29, 1.82) is 0 Å². The molecule has 2 fully saturated rings. The second-order valence-corrected chi connectivity index (χ2v) is 7.12. The molecule has 1 N–H and O–H groups in total. The number of hydrogen-bond acceptors (Lipinski definition) is 3. The van der Waals surface area contributed by atoms with Gasteiger partial charge in [-0.05, 0) is 69.3 Å². The molecule has 0 bridgehead atoms. The molecule has 1 aromatic carbocycles. The lowest BCUT2D eigenvalue weighted by molar-refractivity contribution is -0.148. The van der Waals surface area contributed by atoms with Gasteiger partial charge in [0.2, 0.25) is 5.91 Å². The molecule has 0 atom stereocenters. The van der Waals surface area contributed by atoms with Gasteiger partial charge in [-0.1, -0.05) is 6.42 Å². The Morgan fingerprint density at radius 1 is 1.14 bits per heavy atom. The van der Waals surface area contributed by atoms with Crippen LogP contribution < -0.4 is 10.2 Å². The molecule has 0 unspecified atom stereocenters. The first-order valence-electron chi connectivity index (χ1n) is 6.52. The molecule has 1 spiro atoms. The van der Waals surface area contributed by atoms with Crippen molar-refractivity contribution in [3.8, 4) is 0 Å². The number of barbiturate groups is 1. The lowest BCUT2D eigenvalue weighted by atomic mass is 9.66. The Balaban J connectivity index is 2.11. The average molecular weight is 416 g/mol. The van der Waals surface area contributed by atoms with Crippen molar-refractivity contribution in [2.75, 3.05) is 4.90 Å². The van der Waals surface area contributed by atoms with Gasteiger partial charge in [-0.25, -0.2) is 9.69 Å². The third kappa shape index (κ3) is 2.05. The van der Waals surface area contributed by atoms with Crippen LogP contribution in [0.5, 0.6) is 0 Å². The van der Waals surface area contributed by atoms with Crippen molar-refractivity contribution in [3.63, 3.8) is 0 Å². The molecule has 1 saturated carbocycles. The minimum Gasteiger partial charge on any atom is -0.276 e. The van der Waals surface area contributed by atoms with Gasteiger partial charge in [0, 0.05) is 8.95 Å². The van der Waals surface area contributed by atoms with Gasteiger partial charge in [-0.15, -0.1) is 0 Å². The maximum Gasteiger partial charge on any atom is 0.335 e. The number of halogens is 2. The molecular formula is C14H12Br2N2O3. The summed E-state index contributed by atoms with van der Waals surface area (Å²) in [5.74, 6) is -0.910. The van der Waals surface area contributed by atoms with Gasteiger partial charge in [-0.2, -0.15) is 0 Å². The van der Waals surface area contributed by atoms with E-state index >= 15 is 0 Å². The molecule has 1 aliphatic carbocycles. The lowest BCUT2D eigenvalue weighted by Crippen LogP contribution is -2.66. The molecule has 1 aromatic rings. The molecule has 1 aliphatic heterocycles. The Hall–Kier alpha value is -1.21. The fourth-order valence-electron chi connectivity index (χ4n) is 2.76. The van der Waals surface area contributed by atoms with Crippen LogP contribution in [-0.4, -0.2) is 17.8 Å². The average Bonchev–Trinajstić information content (AvgIpc) is 2.29. The minimum atomic E-state index is -1.07. The number of imide groups is 2. The van der Waals surface area contributed by atoms with Gasteiger partial charge in [0.25, 0.3) is 5.91 Å². The number of aryl methyl sites for hydroxylation is 1. The first kappa shape index (κ1) is 14.7. The summed E-state index contributed by atoms with van der Waals surface area (Å²) in [4.78, 5) is 38.0. The number of rotatable bonds is 1. The highest BCUT2D eigenvalue weighted by Crippen LogP contribution is 2.47. The first-order chi connectivity index (χ1) is 9.86. The largest absolute Gasteiger partial charge is 0.335 e. The number of benzene rings is 1. The van der Waals surface area contributed by atoms with E-state index in [2.05, 4.69) is 37.2 Å². The molecule has 110 valence electrons. The van der Waals surface area contributed by atoms with Crippen LogP contribution in [0.25, 0.3) is 0 Å². The summed E-state index contributed by atoms with van der Waals surface area (Å²) in [5.41, 5.74) is 0.344. The van der Waals surface area contributed by atoms with Gasteiger partial charge in [0.05, 0.1) is 5.69 Å². The number of amides is 4. The number of urea groups is 1. The predicted octanol–water partition coefficient (Wildman–Crippen LogP) is 3.27. The Morgan fingerprint density at radius 3 is 2.19 bits per heavy atom. The van der Waals surface area contributed by atoms with E-state index in [1.165, 1.54) is 0 Å². The van der Waals surface area contributed by atoms with E-state index in [4.69, 9.17) is 0 Å². The fourth-order valence-corrected chi connectivity index (χ4v) is 4.53. The van der Waals surface area contributed by atoms with Crippen molar-refractivity contribution in [2.45, 2.75) is 26.2 Å². The van der Waals surface area contributed by atoms with Crippen molar-refractivity contribution in [3.05, 3.63) is 26.6 Å². The van der Waals surface area contributed by atoms with Crippen molar-refractivity contribution in [2.24, 2.45) is 5.41 Å². The van der Waals surface area contributed by atoms with E-state index < -0.39 is 23.3 Å². The van der Waals surface area contributed by atoms with Crippen LogP contribution in [0.15, 0.2) is 21.1 Å². The first-order valence-corrected chi connectivity index (χ1v) is 8.11. The number of anilines is 1. The standard InChI is InChI=1S/C14H12Br2N2O3/c1-7-5-8(15)10(9(16)6-7)18-12(20)14(3-2-4-14)11(19)17-13(18)21/h5-6H,2-4H2,1H3,(H,17,19,21). The molecular weight excluding hydrogens is 404 g/mol. The van der Waals surface area contributed by atoms with Crippen molar-refractivity contribution < 1.29 is 14.4 Å². The Labute approximate surface area is 138 Å². The number of carbonyl (C=O) groups excluding carboxylic acids is 3. The zero-order chi connectivity index (χ0) is 15.4. The lowest BCUT2D eigenvalue weighted by Gasteiger charge is -2.44. The van der Waals surface area contributed by atoms with E-state index in [1.54, 1.807) is 0 Å². The summed E-state index contributed by atoms with van der Waals surface area (Å²) in [5, 5.41) is 2.31. The van der Waals surface area contributed by atoms with Crippen LogP contribution >= 0.6 is 31.9 Å². The topological polar surface area (TPSA) is 66.5 Å². The predicted molar refractivity (Wildman–Crippen MR) is 83.9 cm³/mol. The van der Waals surface area contributed by atoms with E-state index in [9.17, 15) is 14.4 Å². The van der Waals surface area contributed by atoms with Crippen LogP contribution in [0.3, 0.4) is 0 Å². The Morgan fingerprint density at radius 2 is 1.71 bits per heavy atom. The van der Waals surface area contributed by atoms with Gasteiger partial charge < -0.3 is 0 Å². The maximum absolute atomic E-state index is 12.7. The number of nitrogens with zero attached hydrogens (tertiary/aromatic N) is 1. The zero-order valence-corrected chi connectivity index (χ0v) is 14.4. The summed E-state index contributed by atoms with van der Waals surface area (Å²) in [6.07, 6.45) is 1.79. The third-order valence-electron chi connectivity index (χ3n) is 4.06. The van der Waals surface area contributed by atoms with E-state index in [0.29, 0.717) is 27.5 Å². The normalized spacial score (nSPS) is 20.5. The molecule has 0 aromatic heterocycles. The quantitative estimate of drug-likeness (QED) is 0.715. The van der Waals surface area contributed by atoms with E-state index in [0.717, 1.165) is 16.9 Å². The summed E-state index contributed by atoms with van der Waals surface area (Å²) < 4.78 is 1.25. The zero-order valence-electron chi connectivity index (χ0n) is 11.2. The minimum absolute atomic E-state index is 0.432. The molecule has 0 radical (unpaired) electrons. The molecule has 1 heterocycles.